The Kier molecular flexibility index (Phi) is 4.21. The van der Waals surface area contributed by atoms with Gasteiger partial charge in [0.25, 0.3) is 0 Å². The maximum absolute atomic E-state index is 3.56. The van der Waals surface area contributed by atoms with E-state index in [9.17, 15) is 0 Å². The van der Waals surface area contributed by atoms with E-state index >= 15 is 0 Å². The molecule has 18 heavy (non-hydrogen) atoms. The van der Waals surface area contributed by atoms with Crippen molar-refractivity contribution in [2.75, 3.05) is 19.0 Å². The molecule has 0 aliphatic heterocycles. The summed E-state index contributed by atoms with van der Waals surface area (Å²) >= 11 is 3.56. The summed E-state index contributed by atoms with van der Waals surface area (Å²) in [6, 6.07) is 16.6. The third-order valence-corrected chi connectivity index (χ3v) is 3.49. The Balaban J connectivity index is 2.32. The van der Waals surface area contributed by atoms with E-state index in [0.29, 0.717) is 0 Å². The highest BCUT2D eigenvalue weighted by Crippen LogP contribution is 2.23. The number of rotatable bonds is 3. The van der Waals surface area contributed by atoms with E-state index in [4.69, 9.17) is 0 Å². The maximum atomic E-state index is 3.56. The number of para-hydroxylation sites is 1. The molecular weight excluding hydrogens is 286 g/mol. The van der Waals surface area contributed by atoms with Gasteiger partial charge in [-0.2, -0.15) is 0 Å². The molecule has 92 valence electrons. The van der Waals surface area contributed by atoms with Gasteiger partial charge in [-0.15, -0.1) is 0 Å². The van der Waals surface area contributed by atoms with Gasteiger partial charge in [0.15, 0.2) is 0 Å². The molecule has 0 aliphatic carbocycles. The summed E-state index contributed by atoms with van der Waals surface area (Å²) in [5.41, 5.74) is 3.63. The van der Waals surface area contributed by atoms with E-state index in [1.54, 1.807) is 0 Å². The highest BCUT2D eigenvalue weighted by atomic mass is 79.9. The second kappa shape index (κ2) is 5.87. The summed E-state index contributed by atoms with van der Waals surface area (Å²) in [5.74, 6) is 0. The molecule has 0 saturated carbocycles. The molecule has 0 unspecified atom stereocenters. The third kappa shape index (κ3) is 3.02. The summed E-state index contributed by atoms with van der Waals surface area (Å²) in [6.45, 7) is 0. The van der Waals surface area contributed by atoms with Crippen LogP contribution in [-0.2, 0) is 0 Å². The molecule has 0 bridgehead atoms. The van der Waals surface area contributed by atoms with Crippen LogP contribution in [0, 0.1) is 0 Å². The fraction of sp³-hybridized carbons (Fsp3) is 0.125. The first-order valence-electron chi connectivity index (χ1n) is 5.87. The molecule has 0 aromatic heterocycles. The molecule has 0 fully saturated rings. The highest BCUT2D eigenvalue weighted by Gasteiger charge is 2.00. The van der Waals surface area contributed by atoms with Gasteiger partial charge in [0.1, 0.15) is 0 Å². The molecule has 0 radical (unpaired) electrons. The van der Waals surface area contributed by atoms with Crippen molar-refractivity contribution in [2.45, 2.75) is 0 Å². The minimum Gasteiger partial charge on any atom is -0.377 e. The van der Waals surface area contributed by atoms with E-state index in [1.165, 1.54) is 16.8 Å². The van der Waals surface area contributed by atoms with Crippen LogP contribution in [0.1, 0.15) is 11.1 Å². The van der Waals surface area contributed by atoms with E-state index in [2.05, 4.69) is 83.5 Å². The van der Waals surface area contributed by atoms with Crippen LogP contribution in [0.4, 0.5) is 5.69 Å². The quantitative estimate of drug-likeness (QED) is 0.744. The van der Waals surface area contributed by atoms with Gasteiger partial charge in [0, 0.05) is 24.3 Å². The average Bonchev–Trinajstić information content (AvgIpc) is 2.38. The lowest BCUT2D eigenvalue weighted by Crippen LogP contribution is -2.09. The molecule has 1 nitrogen and oxygen atoms in total. The molecule has 0 atom stereocenters. The number of anilines is 1. The summed E-state index contributed by atoms with van der Waals surface area (Å²) < 4.78 is 1.11. The van der Waals surface area contributed by atoms with Gasteiger partial charge in [-0.05, 0) is 23.3 Å². The topological polar surface area (TPSA) is 3.24 Å². The number of benzene rings is 2. The van der Waals surface area contributed by atoms with Crippen molar-refractivity contribution in [2.24, 2.45) is 0 Å². The van der Waals surface area contributed by atoms with Crippen molar-refractivity contribution in [3.05, 3.63) is 64.1 Å². The Morgan fingerprint density at radius 1 is 0.833 bits per heavy atom. The summed E-state index contributed by atoms with van der Waals surface area (Å²) in [4.78, 5) is 2.12. The predicted octanol–water partition coefficient (Wildman–Crippen LogP) is 4.69. The standard InChI is InChI=1S/C16H16BrN/c1-18(2)16-10-6-4-8-14(16)12-11-13-7-3-5-9-15(13)17/h3-12H,1-2H3/b12-11+. The largest absolute Gasteiger partial charge is 0.377 e. The molecule has 2 aromatic rings. The zero-order valence-corrected chi connectivity index (χ0v) is 12.2. The smallest absolute Gasteiger partial charge is 0.0434 e. The Hall–Kier alpha value is -1.54. The van der Waals surface area contributed by atoms with Crippen LogP contribution in [0.15, 0.2) is 53.0 Å². The molecule has 0 saturated heterocycles. The molecule has 2 heteroatoms. The van der Waals surface area contributed by atoms with Gasteiger partial charge >= 0.3 is 0 Å². The highest BCUT2D eigenvalue weighted by molar-refractivity contribution is 9.10. The fourth-order valence-corrected chi connectivity index (χ4v) is 2.24. The Bertz CT molecular complexity index is 559. The van der Waals surface area contributed by atoms with Crippen molar-refractivity contribution in [1.82, 2.24) is 0 Å². The normalized spacial score (nSPS) is 10.8. The Morgan fingerprint density at radius 3 is 2.06 bits per heavy atom. The van der Waals surface area contributed by atoms with Crippen molar-refractivity contribution >= 4 is 33.8 Å². The Labute approximate surface area is 117 Å². The lowest BCUT2D eigenvalue weighted by molar-refractivity contribution is 1.13. The third-order valence-electron chi connectivity index (χ3n) is 2.77. The van der Waals surface area contributed by atoms with Crippen LogP contribution in [0.25, 0.3) is 12.2 Å². The van der Waals surface area contributed by atoms with E-state index in [1.807, 2.05) is 12.1 Å². The lowest BCUT2D eigenvalue weighted by Gasteiger charge is -2.15. The van der Waals surface area contributed by atoms with Crippen molar-refractivity contribution in [3.8, 4) is 0 Å². The van der Waals surface area contributed by atoms with Crippen LogP contribution in [0.2, 0.25) is 0 Å². The first-order chi connectivity index (χ1) is 8.68. The average molecular weight is 302 g/mol. The van der Waals surface area contributed by atoms with Gasteiger partial charge < -0.3 is 4.90 Å². The summed E-state index contributed by atoms with van der Waals surface area (Å²) in [5, 5.41) is 0. The molecule has 0 amide bonds. The van der Waals surface area contributed by atoms with Gasteiger partial charge in [-0.1, -0.05) is 64.5 Å². The minimum absolute atomic E-state index is 1.11. The molecule has 0 heterocycles. The van der Waals surface area contributed by atoms with Crippen LogP contribution in [0.3, 0.4) is 0 Å². The summed E-state index contributed by atoms with van der Waals surface area (Å²) in [7, 11) is 4.12. The first kappa shape index (κ1) is 12.9. The number of nitrogens with zero attached hydrogens (tertiary/aromatic N) is 1. The van der Waals surface area contributed by atoms with E-state index in [0.717, 1.165) is 4.47 Å². The first-order valence-corrected chi connectivity index (χ1v) is 6.67. The van der Waals surface area contributed by atoms with Crippen LogP contribution in [0.5, 0.6) is 0 Å². The zero-order valence-electron chi connectivity index (χ0n) is 10.6. The second-order valence-electron chi connectivity index (χ2n) is 4.31. The monoisotopic (exact) mass is 301 g/mol. The van der Waals surface area contributed by atoms with Gasteiger partial charge in [-0.25, -0.2) is 0 Å². The van der Waals surface area contributed by atoms with Gasteiger partial charge in [-0.3, -0.25) is 0 Å². The van der Waals surface area contributed by atoms with Crippen molar-refractivity contribution in [1.29, 1.82) is 0 Å². The van der Waals surface area contributed by atoms with Gasteiger partial charge in [0.05, 0.1) is 0 Å². The van der Waals surface area contributed by atoms with Gasteiger partial charge in [0.2, 0.25) is 0 Å². The summed E-state index contributed by atoms with van der Waals surface area (Å²) in [6.07, 6.45) is 4.28. The number of halogens is 1. The molecule has 2 aromatic carbocycles. The fourth-order valence-electron chi connectivity index (χ4n) is 1.83. The molecule has 0 aliphatic rings. The van der Waals surface area contributed by atoms with E-state index < -0.39 is 0 Å². The van der Waals surface area contributed by atoms with Crippen LogP contribution in [-0.4, -0.2) is 14.1 Å². The van der Waals surface area contributed by atoms with E-state index in [-0.39, 0.29) is 0 Å². The van der Waals surface area contributed by atoms with Crippen molar-refractivity contribution in [3.63, 3.8) is 0 Å². The molecule has 0 spiro atoms. The predicted molar refractivity (Wildman–Crippen MR) is 83.8 cm³/mol. The molecule has 2 rings (SSSR count). The van der Waals surface area contributed by atoms with Crippen LogP contribution < -0.4 is 4.90 Å². The Morgan fingerprint density at radius 2 is 1.39 bits per heavy atom. The maximum Gasteiger partial charge on any atom is 0.0434 e. The molecular formula is C16H16BrN. The lowest BCUT2D eigenvalue weighted by atomic mass is 10.1. The molecule has 0 N–H and O–H groups in total. The number of hydrogen-bond donors (Lipinski definition) is 0. The minimum atomic E-state index is 1.11. The number of hydrogen-bond acceptors (Lipinski definition) is 1. The zero-order chi connectivity index (χ0) is 13.0. The van der Waals surface area contributed by atoms with Crippen LogP contribution >= 0.6 is 15.9 Å². The SMILES string of the molecule is CN(C)c1ccccc1/C=C/c1ccccc1Br. The second-order valence-corrected chi connectivity index (χ2v) is 5.16. The van der Waals surface area contributed by atoms with Crippen molar-refractivity contribution < 1.29 is 0 Å².